The van der Waals surface area contributed by atoms with Crippen LogP contribution in [0.5, 0.6) is 0 Å². The molecule has 0 amide bonds. The maximum Gasteiger partial charge on any atom is 0.321 e. The Kier molecular flexibility index (Phi) is 5.04. The minimum absolute atomic E-state index is 0.184. The number of hydrogen-bond acceptors (Lipinski definition) is 5. The van der Waals surface area contributed by atoms with E-state index in [1.165, 1.54) is 7.11 Å². The number of likely N-dealkylation sites (tertiary alicyclic amines) is 1. The van der Waals surface area contributed by atoms with Crippen LogP contribution in [0.3, 0.4) is 0 Å². The van der Waals surface area contributed by atoms with E-state index in [2.05, 4.69) is 4.90 Å². The van der Waals surface area contributed by atoms with Gasteiger partial charge in [0.1, 0.15) is 5.41 Å². The van der Waals surface area contributed by atoms with E-state index < -0.39 is 29.3 Å². The lowest BCUT2D eigenvalue weighted by atomic mass is 9.56. The van der Waals surface area contributed by atoms with Gasteiger partial charge in [-0.2, -0.15) is 0 Å². The number of fused-ring (bicyclic) bond motifs is 2. The van der Waals surface area contributed by atoms with Gasteiger partial charge in [-0.1, -0.05) is 60.7 Å². The Morgan fingerprint density at radius 2 is 1.79 bits per heavy atom. The lowest BCUT2D eigenvalue weighted by Crippen LogP contribution is -2.65. The number of methoxy groups -OCH3 is 1. The summed E-state index contributed by atoms with van der Waals surface area (Å²) in [6, 6.07) is 19.5. The number of Topliss-reactive ketones (excluding diaryl/α,β-unsaturated/α-hetero) is 1. The van der Waals surface area contributed by atoms with E-state index in [0.717, 1.165) is 11.1 Å². The van der Waals surface area contributed by atoms with Crippen LogP contribution in [-0.4, -0.2) is 48.1 Å². The fourth-order valence-electron chi connectivity index (χ4n) is 4.93. The fraction of sp³-hybridized carbons (Fsp3) is 0.391. The van der Waals surface area contributed by atoms with Crippen LogP contribution in [0.2, 0.25) is 0 Å². The highest BCUT2D eigenvalue weighted by atomic mass is 16.5. The van der Waals surface area contributed by atoms with Gasteiger partial charge in [0.05, 0.1) is 19.1 Å². The summed E-state index contributed by atoms with van der Waals surface area (Å²) >= 11 is 0. The molecule has 28 heavy (non-hydrogen) atoms. The largest absolute Gasteiger partial charge is 0.468 e. The number of carbonyl (C=O) groups is 2. The topological polar surface area (TPSA) is 66.8 Å². The third-order valence-electron chi connectivity index (χ3n) is 6.24. The highest BCUT2D eigenvalue weighted by Crippen LogP contribution is 2.51. The third-order valence-corrected chi connectivity index (χ3v) is 6.24. The standard InChI is InChI=1S/C23H25NO4/c1-28-22(27)23-15-24(13-16-8-4-2-5-9-16)14-18(21(23)26)20(25)12-19(23)17-10-6-3-7-11-17/h2-11,18-20,25H,12-15H2,1H3/t18-,19-,20-,23-/m1/s1. The molecule has 1 heterocycles. The van der Waals surface area contributed by atoms with Gasteiger partial charge in [-0.3, -0.25) is 14.5 Å². The molecule has 0 aromatic heterocycles. The van der Waals surface area contributed by atoms with Crippen LogP contribution in [-0.2, 0) is 20.9 Å². The molecule has 1 saturated carbocycles. The van der Waals surface area contributed by atoms with Gasteiger partial charge in [-0.05, 0) is 17.5 Å². The molecule has 2 aromatic rings. The molecule has 1 aliphatic heterocycles. The lowest BCUT2D eigenvalue weighted by molar-refractivity contribution is -0.176. The molecule has 0 radical (unpaired) electrons. The first-order chi connectivity index (χ1) is 13.6. The Morgan fingerprint density at radius 1 is 1.14 bits per heavy atom. The number of hydrogen-bond donors (Lipinski definition) is 1. The smallest absolute Gasteiger partial charge is 0.321 e. The summed E-state index contributed by atoms with van der Waals surface area (Å²) in [6.07, 6.45) is -0.386. The van der Waals surface area contributed by atoms with E-state index >= 15 is 0 Å². The average molecular weight is 379 g/mol. The maximum absolute atomic E-state index is 13.4. The SMILES string of the molecule is COC(=O)[C@@]12CN(Cc3ccccc3)C[C@@H](C1=O)[C@H](O)C[C@@H]2c1ccccc1. The summed E-state index contributed by atoms with van der Waals surface area (Å²) in [7, 11) is 1.34. The predicted molar refractivity (Wildman–Crippen MR) is 104 cm³/mol. The third kappa shape index (κ3) is 3.05. The van der Waals surface area contributed by atoms with Gasteiger partial charge < -0.3 is 9.84 Å². The number of benzene rings is 2. The number of ether oxygens (including phenoxy) is 1. The molecule has 1 saturated heterocycles. The second-order valence-electron chi connectivity index (χ2n) is 7.86. The number of piperidine rings is 1. The van der Waals surface area contributed by atoms with Gasteiger partial charge in [0, 0.05) is 25.6 Å². The highest BCUT2D eigenvalue weighted by Gasteiger charge is 2.63. The number of esters is 1. The number of aliphatic hydroxyl groups is 1. The molecule has 4 atom stereocenters. The van der Waals surface area contributed by atoms with Crippen LogP contribution in [0.1, 0.15) is 23.5 Å². The first-order valence-electron chi connectivity index (χ1n) is 9.68. The van der Waals surface area contributed by atoms with Crippen LogP contribution in [0.15, 0.2) is 60.7 Å². The molecule has 1 N–H and O–H groups in total. The minimum Gasteiger partial charge on any atom is -0.468 e. The molecular weight excluding hydrogens is 354 g/mol. The zero-order valence-electron chi connectivity index (χ0n) is 16.0. The van der Waals surface area contributed by atoms with Crippen molar-refractivity contribution < 1.29 is 19.4 Å². The second-order valence-corrected chi connectivity index (χ2v) is 7.86. The van der Waals surface area contributed by atoms with Crippen LogP contribution < -0.4 is 0 Å². The van der Waals surface area contributed by atoms with Gasteiger partial charge in [-0.15, -0.1) is 0 Å². The van der Waals surface area contributed by atoms with Crippen molar-refractivity contribution in [3.05, 3.63) is 71.8 Å². The van der Waals surface area contributed by atoms with E-state index in [1.807, 2.05) is 60.7 Å². The normalized spacial score (nSPS) is 30.1. The first kappa shape index (κ1) is 18.8. The van der Waals surface area contributed by atoms with E-state index in [-0.39, 0.29) is 5.78 Å². The zero-order valence-corrected chi connectivity index (χ0v) is 16.0. The summed E-state index contributed by atoms with van der Waals surface area (Å²) < 4.78 is 5.15. The quantitative estimate of drug-likeness (QED) is 0.653. The summed E-state index contributed by atoms with van der Waals surface area (Å²) in [6.45, 7) is 1.38. The zero-order chi connectivity index (χ0) is 19.7. The van der Waals surface area contributed by atoms with E-state index in [1.54, 1.807) is 0 Å². The molecule has 0 spiro atoms. The van der Waals surface area contributed by atoms with Crippen LogP contribution in [0.25, 0.3) is 0 Å². The molecule has 2 fully saturated rings. The van der Waals surface area contributed by atoms with Gasteiger partial charge >= 0.3 is 5.97 Å². The monoisotopic (exact) mass is 379 g/mol. The van der Waals surface area contributed by atoms with Crippen molar-refractivity contribution in [2.24, 2.45) is 11.3 Å². The highest BCUT2D eigenvalue weighted by molar-refractivity contribution is 6.07. The molecule has 2 aromatic carbocycles. The summed E-state index contributed by atoms with van der Waals surface area (Å²) in [5.74, 6) is -1.66. The number of aliphatic hydroxyl groups excluding tert-OH is 1. The summed E-state index contributed by atoms with van der Waals surface area (Å²) in [4.78, 5) is 28.6. The molecule has 146 valence electrons. The molecule has 2 aliphatic rings. The predicted octanol–water partition coefficient (Wildman–Crippen LogP) is 2.40. The molecule has 1 aliphatic carbocycles. The second kappa shape index (κ2) is 7.49. The van der Waals surface area contributed by atoms with Gasteiger partial charge in [0.15, 0.2) is 5.78 Å². The van der Waals surface area contributed by atoms with Gasteiger partial charge in [0.2, 0.25) is 0 Å². The van der Waals surface area contributed by atoms with Gasteiger partial charge in [-0.25, -0.2) is 0 Å². The molecule has 5 heteroatoms. The maximum atomic E-state index is 13.4. The fourth-order valence-corrected chi connectivity index (χ4v) is 4.93. The Bertz CT molecular complexity index is 853. The van der Waals surface area contributed by atoms with Crippen LogP contribution in [0, 0.1) is 11.3 Å². The van der Waals surface area contributed by atoms with Crippen molar-refractivity contribution in [2.75, 3.05) is 20.2 Å². The number of nitrogens with zero attached hydrogens (tertiary/aromatic N) is 1. The van der Waals surface area contributed by atoms with Crippen molar-refractivity contribution in [2.45, 2.75) is 25.0 Å². The van der Waals surface area contributed by atoms with Crippen LogP contribution >= 0.6 is 0 Å². The Morgan fingerprint density at radius 3 is 2.43 bits per heavy atom. The van der Waals surface area contributed by atoms with Crippen molar-refractivity contribution in [1.82, 2.24) is 4.90 Å². The van der Waals surface area contributed by atoms with E-state index in [9.17, 15) is 14.7 Å². The molecule has 5 nitrogen and oxygen atoms in total. The Balaban J connectivity index is 1.76. The number of ketones is 1. The minimum atomic E-state index is -1.28. The summed E-state index contributed by atoms with van der Waals surface area (Å²) in [5.41, 5.74) is 0.716. The summed E-state index contributed by atoms with van der Waals surface area (Å²) in [5, 5.41) is 10.8. The lowest BCUT2D eigenvalue weighted by Gasteiger charge is -2.52. The number of carbonyl (C=O) groups excluding carboxylic acids is 2. The number of rotatable bonds is 4. The molecule has 0 unspecified atom stereocenters. The van der Waals surface area contributed by atoms with Crippen molar-refractivity contribution in [3.8, 4) is 0 Å². The Hall–Kier alpha value is -2.50. The Labute approximate surface area is 164 Å². The molecular formula is C23H25NO4. The van der Waals surface area contributed by atoms with E-state index in [0.29, 0.717) is 26.1 Å². The molecule has 4 rings (SSSR count). The van der Waals surface area contributed by atoms with E-state index in [4.69, 9.17) is 4.74 Å². The molecule has 2 bridgehead atoms. The average Bonchev–Trinajstić information content (AvgIpc) is 2.72. The van der Waals surface area contributed by atoms with Crippen molar-refractivity contribution in [1.29, 1.82) is 0 Å². The van der Waals surface area contributed by atoms with Crippen LogP contribution in [0.4, 0.5) is 0 Å². The first-order valence-corrected chi connectivity index (χ1v) is 9.68. The van der Waals surface area contributed by atoms with Crippen molar-refractivity contribution in [3.63, 3.8) is 0 Å². The van der Waals surface area contributed by atoms with Crippen molar-refractivity contribution >= 4 is 11.8 Å². The van der Waals surface area contributed by atoms with Gasteiger partial charge in [0.25, 0.3) is 0 Å².